The first kappa shape index (κ1) is 9.18. The van der Waals surface area contributed by atoms with Gasteiger partial charge in [-0.25, -0.2) is 4.79 Å². The second kappa shape index (κ2) is 2.56. The van der Waals surface area contributed by atoms with Crippen molar-refractivity contribution < 1.29 is 18.7 Å². The third-order valence-electron chi connectivity index (χ3n) is 2.61. The molecule has 0 radical (unpaired) electrons. The van der Waals surface area contributed by atoms with Gasteiger partial charge in [-0.2, -0.15) is 8.78 Å². The molecule has 14 heavy (non-hydrogen) atoms. The highest BCUT2D eigenvalue weighted by Crippen LogP contribution is 2.45. The first-order valence-corrected chi connectivity index (χ1v) is 4.26. The molecule has 1 heterocycles. The Morgan fingerprint density at radius 1 is 1.71 bits per heavy atom. The number of H-pyrrole nitrogens is 1. The van der Waals surface area contributed by atoms with Gasteiger partial charge >= 0.3 is 5.97 Å². The lowest BCUT2D eigenvalue weighted by Gasteiger charge is -2.14. The number of halogens is 2. The zero-order chi connectivity index (χ0) is 10.5. The Kier molecular flexibility index (Phi) is 1.68. The monoisotopic (exact) mass is 201 g/mol. The molecule has 0 saturated heterocycles. The molecule has 0 fully saturated rings. The lowest BCUT2D eigenvalue weighted by atomic mass is 10.1. The van der Waals surface area contributed by atoms with Crippen LogP contribution in [0.25, 0.3) is 0 Å². The van der Waals surface area contributed by atoms with E-state index in [0.717, 1.165) is 0 Å². The molecule has 0 aliphatic heterocycles. The van der Waals surface area contributed by atoms with Crippen LogP contribution in [0.5, 0.6) is 0 Å². The van der Waals surface area contributed by atoms with Crippen molar-refractivity contribution in [2.75, 3.05) is 0 Å². The minimum atomic E-state index is -2.93. The first-order chi connectivity index (χ1) is 6.43. The average Bonchev–Trinajstić information content (AvgIpc) is 2.55. The highest BCUT2D eigenvalue weighted by atomic mass is 19.3. The van der Waals surface area contributed by atoms with Crippen LogP contribution in [0.3, 0.4) is 0 Å². The fourth-order valence-electron chi connectivity index (χ4n) is 1.78. The molecule has 2 rings (SSSR count). The number of nitrogens with one attached hydrogen (secondary N) is 1. The summed E-state index contributed by atoms with van der Waals surface area (Å²) in [6, 6.07) is 1.29. The fraction of sp³-hybridized carbons (Fsp3) is 0.444. The van der Waals surface area contributed by atoms with Gasteiger partial charge in [0, 0.05) is 5.92 Å². The number of aromatic carboxylic acids is 1. The molecule has 5 heteroatoms. The second-order valence-corrected chi connectivity index (χ2v) is 3.62. The summed E-state index contributed by atoms with van der Waals surface area (Å²) in [5.74, 6) is -4.89. The Balaban J connectivity index is 2.48. The summed E-state index contributed by atoms with van der Waals surface area (Å²) in [4.78, 5) is 12.8. The Hall–Kier alpha value is -1.39. The van der Waals surface area contributed by atoms with Crippen molar-refractivity contribution in [1.82, 2.24) is 4.98 Å². The van der Waals surface area contributed by atoms with E-state index >= 15 is 0 Å². The average molecular weight is 201 g/mol. The molecule has 3 nitrogen and oxygen atoms in total. The van der Waals surface area contributed by atoms with Gasteiger partial charge in [0.1, 0.15) is 5.69 Å². The van der Waals surface area contributed by atoms with Crippen molar-refractivity contribution in [3.63, 3.8) is 0 Å². The molecule has 0 spiro atoms. The standard InChI is InChI=1S/C9H9F2NO2/c1-4-2-5-3-6(8(13)14)12-7(5)9(4,10)11/h3-4,12H,2H2,1H3,(H,13,14)/t4-/m1/s1. The van der Waals surface area contributed by atoms with E-state index in [0.29, 0.717) is 5.56 Å². The fourth-order valence-corrected chi connectivity index (χ4v) is 1.78. The molecule has 0 saturated carbocycles. The molecule has 76 valence electrons. The summed E-state index contributed by atoms with van der Waals surface area (Å²) >= 11 is 0. The van der Waals surface area contributed by atoms with E-state index in [2.05, 4.69) is 4.98 Å². The summed E-state index contributed by atoms with van der Waals surface area (Å²) in [5, 5.41) is 8.60. The van der Waals surface area contributed by atoms with E-state index in [1.807, 2.05) is 0 Å². The molecule has 1 aromatic rings. The lowest BCUT2D eigenvalue weighted by Crippen LogP contribution is -2.19. The quantitative estimate of drug-likeness (QED) is 0.730. The Bertz CT molecular complexity index is 398. The van der Waals surface area contributed by atoms with E-state index < -0.39 is 17.8 Å². The van der Waals surface area contributed by atoms with Gasteiger partial charge in [-0.15, -0.1) is 0 Å². The lowest BCUT2D eigenvalue weighted by molar-refractivity contribution is -0.0487. The van der Waals surface area contributed by atoms with Crippen LogP contribution in [0.4, 0.5) is 8.78 Å². The number of carbonyl (C=O) groups is 1. The number of carboxylic acid groups (broad SMARTS) is 1. The second-order valence-electron chi connectivity index (χ2n) is 3.62. The number of hydrogen-bond donors (Lipinski definition) is 2. The van der Waals surface area contributed by atoms with Crippen LogP contribution >= 0.6 is 0 Å². The molecule has 1 aromatic heterocycles. The smallest absolute Gasteiger partial charge is 0.352 e. The molecule has 2 N–H and O–H groups in total. The van der Waals surface area contributed by atoms with Gasteiger partial charge in [0.05, 0.1) is 5.69 Å². The molecular formula is C9H9F2NO2. The maximum atomic E-state index is 13.4. The van der Waals surface area contributed by atoms with E-state index in [4.69, 9.17) is 5.11 Å². The van der Waals surface area contributed by atoms with Crippen molar-refractivity contribution in [3.05, 3.63) is 23.0 Å². The van der Waals surface area contributed by atoms with Crippen LogP contribution in [0.2, 0.25) is 0 Å². The van der Waals surface area contributed by atoms with Crippen LogP contribution in [-0.2, 0) is 12.3 Å². The maximum Gasteiger partial charge on any atom is 0.352 e. The van der Waals surface area contributed by atoms with Crippen LogP contribution in [0.1, 0.15) is 28.7 Å². The molecule has 0 amide bonds. The normalized spacial score (nSPS) is 23.5. The van der Waals surface area contributed by atoms with Crippen LogP contribution in [-0.4, -0.2) is 16.1 Å². The molecule has 1 atom stereocenters. The highest BCUT2D eigenvalue weighted by Gasteiger charge is 2.47. The number of aromatic amines is 1. The van der Waals surface area contributed by atoms with Gasteiger partial charge in [0.2, 0.25) is 0 Å². The van der Waals surface area contributed by atoms with Gasteiger partial charge in [-0.05, 0) is 18.1 Å². The Labute approximate surface area is 78.7 Å². The molecule has 1 aliphatic carbocycles. The summed E-state index contributed by atoms with van der Waals surface area (Å²) in [7, 11) is 0. The SMILES string of the molecule is C[C@@H]1Cc2cc(C(=O)O)[nH]c2C1(F)F. The van der Waals surface area contributed by atoms with E-state index in [1.165, 1.54) is 13.0 Å². The Morgan fingerprint density at radius 3 is 2.86 bits per heavy atom. The van der Waals surface area contributed by atoms with Gasteiger partial charge in [0.25, 0.3) is 5.92 Å². The predicted octanol–water partition coefficient (Wildman–Crippen LogP) is 2.00. The van der Waals surface area contributed by atoms with Crippen LogP contribution in [0, 0.1) is 5.92 Å². The zero-order valence-corrected chi connectivity index (χ0v) is 7.47. The number of carboxylic acids is 1. The number of alkyl halides is 2. The van der Waals surface area contributed by atoms with E-state index in [-0.39, 0.29) is 17.8 Å². The van der Waals surface area contributed by atoms with Crippen molar-refractivity contribution >= 4 is 5.97 Å². The van der Waals surface area contributed by atoms with Gasteiger partial charge < -0.3 is 10.1 Å². The number of rotatable bonds is 1. The van der Waals surface area contributed by atoms with Crippen molar-refractivity contribution in [2.45, 2.75) is 19.3 Å². The predicted molar refractivity (Wildman–Crippen MR) is 44.5 cm³/mol. The molecule has 0 bridgehead atoms. The number of aromatic nitrogens is 1. The number of fused-ring (bicyclic) bond motifs is 1. The summed E-state index contributed by atoms with van der Waals surface area (Å²) in [6.45, 7) is 1.45. The molecule has 0 aromatic carbocycles. The molecule has 1 aliphatic rings. The molecule has 0 unspecified atom stereocenters. The third-order valence-corrected chi connectivity index (χ3v) is 2.61. The summed E-state index contributed by atoms with van der Waals surface area (Å²) < 4.78 is 26.8. The first-order valence-electron chi connectivity index (χ1n) is 4.26. The minimum Gasteiger partial charge on any atom is -0.477 e. The van der Waals surface area contributed by atoms with Gasteiger partial charge in [-0.3, -0.25) is 0 Å². The van der Waals surface area contributed by atoms with Crippen molar-refractivity contribution in [3.8, 4) is 0 Å². The summed E-state index contributed by atoms with van der Waals surface area (Å²) in [5.41, 5.74) is 0.0175. The van der Waals surface area contributed by atoms with Gasteiger partial charge in [-0.1, -0.05) is 6.92 Å². The summed E-state index contributed by atoms with van der Waals surface area (Å²) in [6.07, 6.45) is 0.228. The minimum absolute atomic E-state index is 0.165. The van der Waals surface area contributed by atoms with E-state index in [9.17, 15) is 13.6 Å². The van der Waals surface area contributed by atoms with Gasteiger partial charge in [0.15, 0.2) is 0 Å². The van der Waals surface area contributed by atoms with Crippen LogP contribution in [0.15, 0.2) is 6.07 Å². The van der Waals surface area contributed by atoms with Crippen molar-refractivity contribution in [1.29, 1.82) is 0 Å². The van der Waals surface area contributed by atoms with Crippen molar-refractivity contribution in [2.24, 2.45) is 5.92 Å². The van der Waals surface area contributed by atoms with E-state index in [1.54, 1.807) is 0 Å². The largest absolute Gasteiger partial charge is 0.477 e. The topological polar surface area (TPSA) is 53.1 Å². The van der Waals surface area contributed by atoms with Crippen LogP contribution < -0.4 is 0 Å². The number of hydrogen-bond acceptors (Lipinski definition) is 1. The highest BCUT2D eigenvalue weighted by molar-refractivity contribution is 5.86. The maximum absolute atomic E-state index is 13.4. The molecular weight excluding hydrogens is 192 g/mol. The zero-order valence-electron chi connectivity index (χ0n) is 7.47. The third kappa shape index (κ3) is 1.05. The Morgan fingerprint density at radius 2 is 2.36 bits per heavy atom.